The van der Waals surface area contributed by atoms with Crippen molar-refractivity contribution in [2.45, 2.75) is 229 Å². The van der Waals surface area contributed by atoms with E-state index in [1.807, 2.05) is 4.90 Å². The van der Waals surface area contributed by atoms with Crippen LogP contribution in [0.2, 0.25) is 0 Å². The Balaban J connectivity index is 0.0000165. The molecule has 43 nitrogen and oxygen atoms in total. The van der Waals surface area contributed by atoms with Gasteiger partial charge in [-0.15, -0.1) is 0 Å². The van der Waals surface area contributed by atoms with Gasteiger partial charge in [-0.05, 0) is 81.0 Å². The first-order valence-corrected chi connectivity index (χ1v) is 36.1. The van der Waals surface area contributed by atoms with Gasteiger partial charge in [-0.1, -0.05) is 6.07 Å². The van der Waals surface area contributed by atoms with Gasteiger partial charge in [-0.2, -0.15) is 0 Å². The maximum Gasteiger partial charge on any atom is 0.320 e. The van der Waals surface area contributed by atoms with Crippen molar-refractivity contribution in [2.24, 2.45) is 5.92 Å². The van der Waals surface area contributed by atoms with Crippen molar-refractivity contribution in [2.75, 3.05) is 92.0 Å². The molecule has 6 fully saturated rings. The van der Waals surface area contributed by atoms with Crippen LogP contribution in [0.3, 0.4) is 0 Å². The molecule has 1 aliphatic carbocycles. The minimum Gasteiger partial charge on any atom is -0.480 e. The number of ether oxygens (including phenoxy) is 11. The largest absolute Gasteiger partial charge is 0.480 e. The number of hydrogen-bond donors (Lipinski definition) is 26. The zero-order valence-electron chi connectivity index (χ0n) is 58.3. The SMILES string of the molecule is O=C(O)C(CCNC(=S)OC[C@H]1O[C@@H](OCC2O[C@@H](O)[C@H](O)[C@@H](O)[C@@H]2O)[C@H](O)[C@@H](O)[C@@H]1O)N1CCN(CCCNC(=S)OC[C@H]2C[C@@H](OC[C@H]3O[C@@H](O)[C@H](O)[C@@H](O)[C@@H]3O)[C@H](O)[C@@H](O)[C@@H]2O)CCN(C(CCNC(=S)OC[C@H]2O[C@@H](OC[C@H]3O[C@@H](O)[C@H](O)[C@@H](O)[C@@H]3O)[C@H](O)[C@@H](O)[C@@H]2O)C(=O)O)Cc2cccc(n2)C1.[Mn]. The Kier molecular flexibility index (Phi) is 36.8. The molecule has 2 bridgehead atoms. The second kappa shape index (κ2) is 43.4. The van der Waals surface area contributed by atoms with Crippen molar-refractivity contribution in [1.29, 1.82) is 0 Å². The summed E-state index contributed by atoms with van der Waals surface area (Å²) in [5.41, 5.74) is 0.804. The monoisotopic (exact) mass is 1670 g/mol. The van der Waals surface area contributed by atoms with Crippen molar-refractivity contribution in [3.63, 3.8) is 0 Å². The van der Waals surface area contributed by atoms with Gasteiger partial charge in [0.05, 0.1) is 50.0 Å². The Labute approximate surface area is 649 Å². The number of fused-ring (bicyclic) bond motifs is 2. The molecule has 109 heavy (non-hydrogen) atoms. The molecule has 7 aliphatic rings. The molecule has 47 heteroatoms. The molecular formula is C62H101MnN7O36S3. The smallest absolute Gasteiger partial charge is 0.320 e. The number of pyridine rings is 1. The number of thiocarbonyl (C=S) groups is 3. The van der Waals surface area contributed by atoms with Crippen LogP contribution in [0.4, 0.5) is 0 Å². The third-order valence-corrected chi connectivity index (χ3v) is 20.5. The predicted molar refractivity (Wildman–Crippen MR) is 366 cm³/mol. The van der Waals surface area contributed by atoms with Crippen molar-refractivity contribution in [3.8, 4) is 0 Å². The van der Waals surface area contributed by atoms with Gasteiger partial charge in [0.1, 0.15) is 160 Å². The normalized spacial score (nSPS) is 39.2. The minimum atomic E-state index is -1.90. The summed E-state index contributed by atoms with van der Waals surface area (Å²) < 4.78 is 60.4. The van der Waals surface area contributed by atoms with Gasteiger partial charge in [0, 0.05) is 81.9 Å². The first-order valence-electron chi connectivity index (χ1n) is 34.9. The fourth-order valence-electron chi connectivity index (χ4n) is 13.2. The molecule has 625 valence electrons. The van der Waals surface area contributed by atoms with Gasteiger partial charge in [0.2, 0.25) is 0 Å². The quantitative estimate of drug-likeness (QED) is 0.0201. The van der Waals surface area contributed by atoms with E-state index in [-0.39, 0.29) is 124 Å². The number of hydrogen-bond acceptors (Lipinski definition) is 41. The van der Waals surface area contributed by atoms with Gasteiger partial charge in [0.15, 0.2) is 31.5 Å². The summed E-state index contributed by atoms with van der Waals surface area (Å²) in [7, 11) is 0. The van der Waals surface area contributed by atoms with Gasteiger partial charge in [0.25, 0.3) is 15.5 Å². The maximum atomic E-state index is 13.3. The Morgan fingerprint density at radius 2 is 0.780 bits per heavy atom. The van der Waals surface area contributed by atoms with Crippen molar-refractivity contribution < 1.29 is 196 Å². The molecule has 1 saturated carbocycles. The zero-order chi connectivity index (χ0) is 79.1. The van der Waals surface area contributed by atoms with Crippen molar-refractivity contribution in [3.05, 3.63) is 29.6 Å². The van der Waals surface area contributed by atoms with Crippen molar-refractivity contribution >= 4 is 64.1 Å². The molecular weight excluding hydrogens is 1570 g/mol. The van der Waals surface area contributed by atoms with E-state index in [2.05, 4.69) is 16.0 Å². The topological polar surface area (TPSA) is 660 Å². The predicted octanol–water partition coefficient (Wildman–Crippen LogP) is -13.7. The second-order valence-electron chi connectivity index (χ2n) is 27.3. The summed E-state index contributed by atoms with van der Waals surface area (Å²) in [6, 6.07) is 2.53. The number of nitrogens with zero attached hydrogens (tertiary/aromatic N) is 4. The number of aliphatic hydroxyl groups is 21. The Morgan fingerprint density at radius 1 is 0.431 bits per heavy atom. The molecule has 0 spiro atoms. The summed E-state index contributed by atoms with van der Waals surface area (Å²) >= 11 is 16.2. The number of carbonyl (C=O) groups is 2. The van der Waals surface area contributed by atoms with E-state index in [1.165, 1.54) is 0 Å². The Morgan fingerprint density at radius 3 is 1.17 bits per heavy atom. The van der Waals surface area contributed by atoms with E-state index < -0.39 is 241 Å². The second-order valence-corrected chi connectivity index (χ2v) is 28.4. The molecule has 0 aromatic carbocycles. The number of carboxylic acid groups (broad SMARTS) is 2. The van der Waals surface area contributed by atoms with Crippen LogP contribution in [0.1, 0.15) is 37.1 Å². The van der Waals surface area contributed by atoms with Gasteiger partial charge >= 0.3 is 11.9 Å². The van der Waals surface area contributed by atoms with Crippen LogP contribution in [0.25, 0.3) is 0 Å². The van der Waals surface area contributed by atoms with Crippen LogP contribution in [0.5, 0.6) is 0 Å². The minimum absolute atomic E-state index is 0. The van der Waals surface area contributed by atoms with Crippen LogP contribution < -0.4 is 16.0 Å². The zero-order valence-corrected chi connectivity index (χ0v) is 62.0. The average Bonchev–Trinajstić information content (AvgIpc) is 0.815. The van der Waals surface area contributed by atoms with E-state index in [0.29, 0.717) is 17.8 Å². The third-order valence-electron chi connectivity index (χ3n) is 19.8. The van der Waals surface area contributed by atoms with Gasteiger partial charge in [-0.3, -0.25) is 24.4 Å². The molecule has 6 aliphatic heterocycles. The molecule has 0 amide bonds. The molecule has 8 rings (SSSR count). The molecule has 7 heterocycles. The van der Waals surface area contributed by atoms with Crippen LogP contribution in [0.15, 0.2) is 18.2 Å². The van der Waals surface area contributed by atoms with Crippen LogP contribution >= 0.6 is 36.7 Å². The number of aromatic nitrogens is 1. The average molecular weight is 1670 g/mol. The maximum absolute atomic E-state index is 13.3. The summed E-state index contributed by atoms with van der Waals surface area (Å²) in [6.07, 6.45) is -49.3. The molecule has 1 aromatic rings. The fourth-order valence-corrected chi connectivity index (χ4v) is 13.7. The van der Waals surface area contributed by atoms with E-state index in [9.17, 15) is 127 Å². The van der Waals surface area contributed by atoms with E-state index in [0.717, 1.165) is 0 Å². The number of carboxylic acids is 2. The van der Waals surface area contributed by atoms with Gasteiger partial charge in [-0.25, -0.2) is 0 Å². The molecule has 26 N–H and O–H groups in total. The standard InChI is InChI=1S/C62H101N7O36S3.Mn/c70-35-24(15-29(36(71)42(35)77)95-19-30-37(72)43(78)48(83)55(92)101-30)18-98-60(106)63-7-2-10-67-11-13-68(27(53(88)89)5-8-64-61(107)99-22-33-40(75)46(81)51(86)58(104-33)96-20-31-38(73)44(79)49(84)56(93)102-31)16-25-3-1-4-26(66-25)17-69(14-12-67)28(54(90)91)6-9-65-62(108)100-23-34-41(76)47(82)52(87)59(105-34)97-21-32-39(74)45(80)50(85)57(94)103-32;/h1,3-4,24,27-52,55-59,70-87,92-94H,2,5-23H2,(H,63,106)(H,64,107)(H,65,108)(H,88,89)(H,90,91);/t24-,27?,28?,29-,30-,31-,32?,33-,34-,35-,36+,37-,38-,39-,40-,41-,42+,43+,44+,45+,46+,47+,48-,49-,50-,51-,52-,55-,56-,57-,58-,59-;/m1./s1. The van der Waals surface area contributed by atoms with E-state index in [4.69, 9.17) is 93.7 Å². The first-order chi connectivity index (χ1) is 51.1. The molecule has 3 unspecified atom stereocenters. The van der Waals surface area contributed by atoms with Crippen LogP contribution in [-0.2, 0) is 91.9 Å². The van der Waals surface area contributed by atoms with Gasteiger partial charge < -0.3 is 190 Å². The Bertz CT molecular complexity index is 2870. The Hall–Kier alpha value is -3.60. The summed E-state index contributed by atoms with van der Waals surface area (Å²) in [5.74, 6) is -3.37. The number of rotatable bonds is 29. The molecule has 1 aromatic heterocycles. The fraction of sp³-hybridized carbons (Fsp3) is 0.839. The number of aliphatic hydroxyl groups excluding tert-OH is 21. The first kappa shape index (κ1) is 92.6. The third kappa shape index (κ3) is 25.0. The molecule has 5 saturated heterocycles. The summed E-state index contributed by atoms with van der Waals surface area (Å²) in [6.45, 7) is -2.63. The molecule has 32 atom stereocenters. The number of aliphatic carboxylic acids is 2. The van der Waals surface area contributed by atoms with E-state index >= 15 is 0 Å². The van der Waals surface area contributed by atoms with Crippen LogP contribution in [0, 0.1) is 5.92 Å². The van der Waals surface area contributed by atoms with E-state index in [1.54, 1.807) is 28.0 Å². The number of nitrogens with one attached hydrogen (secondary N) is 3. The summed E-state index contributed by atoms with van der Waals surface area (Å²) in [5, 5.41) is 247. The molecule has 1 radical (unpaired) electrons. The van der Waals surface area contributed by atoms with Crippen LogP contribution in [-0.4, -0.2) is 447 Å². The summed E-state index contributed by atoms with van der Waals surface area (Å²) in [4.78, 5) is 36.8. The van der Waals surface area contributed by atoms with Crippen molar-refractivity contribution in [1.82, 2.24) is 35.6 Å².